The summed E-state index contributed by atoms with van der Waals surface area (Å²) in [4.78, 5) is 26.6. The van der Waals surface area contributed by atoms with Crippen molar-refractivity contribution in [1.82, 2.24) is 10.6 Å². The van der Waals surface area contributed by atoms with Gasteiger partial charge in [0.2, 0.25) is 0 Å². The number of carbonyl (C=O) groups is 2. The van der Waals surface area contributed by atoms with E-state index in [4.69, 9.17) is 0 Å². The lowest BCUT2D eigenvalue weighted by molar-refractivity contribution is -0.118. The van der Waals surface area contributed by atoms with Crippen LogP contribution in [0.4, 0.5) is 0 Å². The Kier molecular flexibility index (Phi) is 6.98. The van der Waals surface area contributed by atoms with Crippen LogP contribution in [0.25, 0.3) is 6.08 Å². The van der Waals surface area contributed by atoms with Crippen LogP contribution in [-0.2, 0) is 4.79 Å². The summed E-state index contributed by atoms with van der Waals surface area (Å²) in [6.45, 7) is 4.06. The van der Waals surface area contributed by atoms with E-state index in [1.54, 1.807) is 30.3 Å². The van der Waals surface area contributed by atoms with Crippen LogP contribution in [0.3, 0.4) is 0 Å². The average molecular weight is 405 g/mol. The van der Waals surface area contributed by atoms with Gasteiger partial charge in [0, 0.05) is 10.4 Å². The Bertz CT molecular complexity index is 977. The largest absolute Gasteiger partial charge is 0.344 e. The SMILES string of the molecule is CC[C@H](NC(=O)/C(=C/c1cccs1)NC(=O)c1ccccc1)c1ccc(C)cc1. The summed E-state index contributed by atoms with van der Waals surface area (Å²) in [6.07, 6.45) is 2.45. The minimum Gasteiger partial charge on any atom is -0.344 e. The van der Waals surface area contributed by atoms with Gasteiger partial charge in [0.15, 0.2) is 0 Å². The zero-order chi connectivity index (χ0) is 20.6. The number of hydrogen-bond acceptors (Lipinski definition) is 3. The number of amides is 2. The molecule has 4 nitrogen and oxygen atoms in total. The minimum absolute atomic E-state index is 0.136. The van der Waals surface area contributed by atoms with E-state index in [1.807, 2.05) is 61.7 Å². The molecule has 0 unspecified atom stereocenters. The quantitative estimate of drug-likeness (QED) is 0.539. The summed E-state index contributed by atoms with van der Waals surface area (Å²) in [6, 6.07) is 20.7. The highest BCUT2D eigenvalue weighted by Gasteiger charge is 2.19. The summed E-state index contributed by atoms with van der Waals surface area (Å²) in [5, 5.41) is 7.76. The molecule has 0 bridgehead atoms. The molecule has 5 heteroatoms. The van der Waals surface area contributed by atoms with Gasteiger partial charge in [-0.25, -0.2) is 0 Å². The summed E-state index contributed by atoms with van der Waals surface area (Å²) < 4.78 is 0. The Morgan fingerprint density at radius 2 is 1.72 bits per heavy atom. The first-order chi connectivity index (χ1) is 14.1. The third-order valence-electron chi connectivity index (χ3n) is 4.55. The Labute approximate surface area is 175 Å². The zero-order valence-electron chi connectivity index (χ0n) is 16.5. The van der Waals surface area contributed by atoms with Gasteiger partial charge in [0.1, 0.15) is 5.70 Å². The van der Waals surface area contributed by atoms with Crippen LogP contribution >= 0.6 is 11.3 Å². The molecule has 3 rings (SSSR count). The molecule has 3 aromatic rings. The molecule has 29 heavy (non-hydrogen) atoms. The lowest BCUT2D eigenvalue weighted by atomic mass is 10.0. The summed E-state index contributed by atoms with van der Waals surface area (Å²) in [7, 11) is 0. The Morgan fingerprint density at radius 1 is 1.00 bits per heavy atom. The smallest absolute Gasteiger partial charge is 0.268 e. The summed E-state index contributed by atoms with van der Waals surface area (Å²) in [5.74, 6) is -0.623. The molecule has 0 fully saturated rings. The topological polar surface area (TPSA) is 58.2 Å². The van der Waals surface area contributed by atoms with E-state index < -0.39 is 0 Å². The third kappa shape index (κ3) is 5.65. The van der Waals surface area contributed by atoms with Crippen LogP contribution in [0.5, 0.6) is 0 Å². The second-order valence-corrected chi connectivity index (χ2v) is 7.72. The van der Waals surface area contributed by atoms with E-state index in [0.717, 1.165) is 16.9 Å². The molecule has 1 heterocycles. The van der Waals surface area contributed by atoms with E-state index in [-0.39, 0.29) is 23.6 Å². The van der Waals surface area contributed by atoms with Crippen molar-refractivity contribution < 1.29 is 9.59 Å². The molecule has 0 radical (unpaired) electrons. The van der Waals surface area contributed by atoms with Crippen LogP contribution in [0.1, 0.15) is 45.7 Å². The first-order valence-corrected chi connectivity index (χ1v) is 10.4. The van der Waals surface area contributed by atoms with Gasteiger partial charge in [-0.2, -0.15) is 0 Å². The van der Waals surface area contributed by atoms with E-state index in [2.05, 4.69) is 10.6 Å². The second-order valence-electron chi connectivity index (χ2n) is 6.74. The van der Waals surface area contributed by atoms with Gasteiger partial charge in [-0.15, -0.1) is 11.3 Å². The monoisotopic (exact) mass is 404 g/mol. The molecule has 0 aliphatic heterocycles. The van der Waals surface area contributed by atoms with Crippen molar-refractivity contribution in [1.29, 1.82) is 0 Å². The number of nitrogens with one attached hydrogen (secondary N) is 2. The molecule has 0 aliphatic carbocycles. The molecule has 2 aromatic carbocycles. The third-order valence-corrected chi connectivity index (χ3v) is 5.37. The minimum atomic E-state index is -0.313. The number of rotatable bonds is 7. The average Bonchev–Trinajstić information content (AvgIpc) is 3.26. The maximum atomic E-state index is 13.1. The van der Waals surface area contributed by atoms with Crippen LogP contribution in [0.2, 0.25) is 0 Å². The fraction of sp³-hybridized carbons (Fsp3) is 0.167. The lowest BCUT2D eigenvalue weighted by Gasteiger charge is -2.19. The van der Waals surface area contributed by atoms with Gasteiger partial charge in [0.05, 0.1) is 6.04 Å². The molecule has 1 aromatic heterocycles. The van der Waals surface area contributed by atoms with Gasteiger partial charge in [-0.05, 0) is 48.6 Å². The van der Waals surface area contributed by atoms with Gasteiger partial charge in [-0.3, -0.25) is 9.59 Å². The molecule has 2 amide bonds. The normalized spacial score (nSPS) is 12.3. The zero-order valence-corrected chi connectivity index (χ0v) is 17.3. The predicted molar refractivity (Wildman–Crippen MR) is 119 cm³/mol. The highest BCUT2D eigenvalue weighted by Crippen LogP contribution is 2.19. The second kappa shape index (κ2) is 9.85. The van der Waals surface area contributed by atoms with Gasteiger partial charge < -0.3 is 10.6 Å². The Morgan fingerprint density at radius 3 is 2.34 bits per heavy atom. The first-order valence-electron chi connectivity index (χ1n) is 9.56. The lowest BCUT2D eigenvalue weighted by Crippen LogP contribution is -2.36. The van der Waals surface area contributed by atoms with Crippen LogP contribution in [0, 0.1) is 6.92 Å². The molecule has 2 N–H and O–H groups in total. The maximum absolute atomic E-state index is 13.1. The van der Waals surface area contributed by atoms with Crippen molar-refractivity contribution >= 4 is 29.2 Å². The van der Waals surface area contributed by atoms with Crippen LogP contribution in [-0.4, -0.2) is 11.8 Å². The summed E-state index contributed by atoms with van der Waals surface area (Å²) in [5.41, 5.74) is 2.94. The fourth-order valence-electron chi connectivity index (χ4n) is 2.91. The van der Waals surface area contributed by atoms with Gasteiger partial charge in [-0.1, -0.05) is 61.0 Å². The van der Waals surface area contributed by atoms with E-state index in [9.17, 15) is 9.59 Å². The molecule has 148 valence electrons. The number of thiophene rings is 1. The molecule has 0 aliphatic rings. The van der Waals surface area contributed by atoms with E-state index in [0.29, 0.717) is 5.56 Å². The molecular weight excluding hydrogens is 380 g/mol. The van der Waals surface area contributed by atoms with Crippen LogP contribution < -0.4 is 10.6 Å². The molecular formula is C24H24N2O2S. The summed E-state index contributed by atoms with van der Waals surface area (Å²) >= 11 is 1.51. The number of hydrogen-bond donors (Lipinski definition) is 2. The van der Waals surface area contributed by atoms with Crippen molar-refractivity contribution in [2.45, 2.75) is 26.3 Å². The van der Waals surface area contributed by atoms with Crippen molar-refractivity contribution in [3.8, 4) is 0 Å². The van der Waals surface area contributed by atoms with Crippen LogP contribution in [0.15, 0.2) is 77.8 Å². The standard InChI is InChI=1S/C24H24N2O2S/c1-3-21(18-13-11-17(2)12-14-18)25-24(28)22(16-20-10-7-15-29-20)26-23(27)19-8-5-4-6-9-19/h4-16,21H,3H2,1-2H3,(H,25,28)(H,26,27)/b22-16-/t21-/m0/s1. The molecule has 0 saturated carbocycles. The van der Waals surface area contributed by atoms with Crippen molar-refractivity contribution in [2.24, 2.45) is 0 Å². The van der Waals surface area contributed by atoms with Gasteiger partial charge in [0.25, 0.3) is 11.8 Å². The maximum Gasteiger partial charge on any atom is 0.268 e. The molecule has 0 spiro atoms. The van der Waals surface area contributed by atoms with Crippen molar-refractivity contribution in [3.63, 3.8) is 0 Å². The van der Waals surface area contributed by atoms with Crippen molar-refractivity contribution in [3.05, 3.63) is 99.4 Å². The van der Waals surface area contributed by atoms with E-state index >= 15 is 0 Å². The first kappa shape index (κ1) is 20.6. The van der Waals surface area contributed by atoms with Crippen molar-refractivity contribution in [2.75, 3.05) is 0 Å². The number of aryl methyl sites for hydroxylation is 1. The number of carbonyl (C=O) groups excluding carboxylic acids is 2. The number of benzene rings is 2. The molecule has 0 saturated heterocycles. The highest BCUT2D eigenvalue weighted by molar-refractivity contribution is 7.10. The molecule has 1 atom stereocenters. The Balaban J connectivity index is 1.82. The predicted octanol–water partition coefficient (Wildman–Crippen LogP) is 5.09. The van der Waals surface area contributed by atoms with E-state index in [1.165, 1.54) is 16.9 Å². The highest BCUT2D eigenvalue weighted by atomic mass is 32.1. The Hall–Kier alpha value is -3.18. The fourth-order valence-corrected chi connectivity index (χ4v) is 3.57. The van der Waals surface area contributed by atoms with Gasteiger partial charge >= 0.3 is 0 Å².